The van der Waals surface area contributed by atoms with Crippen LogP contribution in [0.25, 0.3) is 11.2 Å². The highest BCUT2D eigenvalue weighted by atomic mass is 79.9. The van der Waals surface area contributed by atoms with Crippen molar-refractivity contribution in [3.63, 3.8) is 0 Å². The van der Waals surface area contributed by atoms with Crippen LogP contribution in [0.5, 0.6) is 5.75 Å². The third kappa shape index (κ3) is 5.60. The van der Waals surface area contributed by atoms with Crippen LogP contribution >= 0.6 is 38.9 Å². The lowest BCUT2D eigenvalue weighted by atomic mass is 10.1. The number of carbonyl (C=O) groups excluding carboxylic acids is 1. The number of ether oxygens (including phenoxy) is 1. The van der Waals surface area contributed by atoms with E-state index in [1.165, 1.54) is 12.1 Å². The van der Waals surface area contributed by atoms with E-state index in [-0.39, 0.29) is 9.90 Å². The van der Waals surface area contributed by atoms with E-state index in [9.17, 15) is 13.2 Å². The molecule has 38 heavy (non-hydrogen) atoms. The molecule has 1 atom stereocenters. The molecule has 0 bridgehead atoms. The summed E-state index contributed by atoms with van der Waals surface area (Å²) in [7, 11) is -4.04. The van der Waals surface area contributed by atoms with Gasteiger partial charge >= 0.3 is 0 Å². The van der Waals surface area contributed by atoms with Gasteiger partial charge in [0.1, 0.15) is 27.0 Å². The quantitative estimate of drug-likeness (QED) is 0.209. The maximum Gasteiger partial charge on any atom is 0.283 e. The standard InChI is InChI=1S/C26H20BrClN4O4S2/c1-16-29-20-11-12-21(26(33)31-38(34,35)23-14-13-22(27)37-23)30-25(20)32(16)15-17-7-5-6-10-19(17)24(28)36-18-8-3-2-4-9-18/h2-14,24H,15H2,1H3,(H,31,33). The Morgan fingerprint density at radius 1 is 1.05 bits per heavy atom. The summed E-state index contributed by atoms with van der Waals surface area (Å²) in [6.45, 7) is 2.20. The van der Waals surface area contributed by atoms with Gasteiger partial charge in [-0.1, -0.05) is 54.1 Å². The van der Waals surface area contributed by atoms with Gasteiger partial charge < -0.3 is 9.30 Å². The number of aromatic nitrogens is 3. The Hall–Kier alpha value is -3.25. The number of alkyl halides is 1. The van der Waals surface area contributed by atoms with E-state index in [0.717, 1.165) is 22.5 Å². The van der Waals surface area contributed by atoms with Crippen LogP contribution in [0.3, 0.4) is 0 Å². The highest BCUT2D eigenvalue weighted by molar-refractivity contribution is 9.11. The monoisotopic (exact) mass is 630 g/mol. The van der Waals surface area contributed by atoms with E-state index in [1.807, 2.05) is 66.1 Å². The molecule has 1 amide bonds. The Bertz CT molecular complexity index is 1740. The van der Waals surface area contributed by atoms with Crippen LogP contribution < -0.4 is 9.46 Å². The largest absolute Gasteiger partial charge is 0.470 e. The lowest BCUT2D eigenvalue weighted by Gasteiger charge is -2.17. The molecule has 3 aromatic heterocycles. The molecule has 0 saturated carbocycles. The molecule has 0 aliphatic rings. The van der Waals surface area contributed by atoms with Gasteiger partial charge in [0.15, 0.2) is 11.2 Å². The van der Waals surface area contributed by atoms with Gasteiger partial charge in [-0.2, -0.15) is 0 Å². The summed E-state index contributed by atoms with van der Waals surface area (Å²) in [6.07, 6.45) is 0. The van der Waals surface area contributed by atoms with Crippen LogP contribution in [0.1, 0.15) is 33.0 Å². The zero-order chi connectivity index (χ0) is 26.9. The highest BCUT2D eigenvalue weighted by Gasteiger charge is 2.23. The molecule has 1 unspecified atom stereocenters. The van der Waals surface area contributed by atoms with Crippen LogP contribution in [0.15, 0.2) is 86.9 Å². The summed E-state index contributed by atoms with van der Waals surface area (Å²) in [5, 5.41) is 0. The number of amides is 1. The molecule has 2 aromatic carbocycles. The molecule has 8 nitrogen and oxygen atoms in total. The summed E-state index contributed by atoms with van der Waals surface area (Å²) in [5.41, 5.74) is 1.89. The minimum Gasteiger partial charge on any atom is -0.470 e. The predicted octanol–water partition coefficient (Wildman–Crippen LogP) is 6.05. The molecule has 3 heterocycles. The molecular formula is C26H20BrClN4O4S2. The summed E-state index contributed by atoms with van der Waals surface area (Å²) >= 11 is 10.9. The van der Waals surface area contributed by atoms with Crippen molar-refractivity contribution in [2.45, 2.75) is 23.2 Å². The van der Waals surface area contributed by atoms with Crippen molar-refractivity contribution in [1.82, 2.24) is 19.3 Å². The van der Waals surface area contributed by atoms with Gasteiger partial charge in [-0.25, -0.2) is 23.1 Å². The highest BCUT2D eigenvalue weighted by Crippen LogP contribution is 2.29. The van der Waals surface area contributed by atoms with Crippen LogP contribution in [0.2, 0.25) is 0 Å². The first kappa shape index (κ1) is 26.4. The number of hydrogen-bond acceptors (Lipinski definition) is 7. The number of para-hydroxylation sites is 1. The predicted molar refractivity (Wildman–Crippen MR) is 150 cm³/mol. The van der Waals surface area contributed by atoms with Gasteiger partial charge in [0.05, 0.1) is 10.3 Å². The number of sulfonamides is 1. The first-order chi connectivity index (χ1) is 18.2. The lowest BCUT2D eigenvalue weighted by molar-refractivity contribution is 0.0977. The Morgan fingerprint density at radius 3 is 2.53 bits per heavy atom. The SMILES string of the molecule is Cc1nc2ccc(C(=O)NS(=O)(=O)c3ccc(Br)s3)nc2n1Cc1ccccc1C(Cl)Oc1ccccc1. The van der Waals surface area contributed by atoms with Gasteiger partial charge in [-0.15, -0.1) is 11.3 Å². The van der Waals surface area contributed by atoms with Crippen molar-refractivity contribution in [3.05, 3.63) is 105 Å². The van der Waals surface area contributed by atoms with Crippen LogP contribution in [0, 0.1) is 6.92 Å². The third-order valence-electron chi connectivity index (χ3n) is 5.67. The van der Waals surface area contributed by atoms with Gasteiger partial charge in [0, 0.05) is 5.56 Å². The number of pyridine rings is 1. The fourth-order valence-electron chi connectivity index (χ4n) is 3.85. The van der Waals surface area contributed by atoms with E-state index in [2.05, 4.69) is 30.6 Å². The molecule has 1 N–H and O–H groups in total. The van der Waals surface area contributed by atoms with Crippen molar-refractivity contribution >= 4 is 66.0 Å². The minimum absolute atomic E-state index is 0.0182. The van der Waals surface area contributed by atoms with Crippen LogP contribution in [-0.4, -0.2) is 28.9 Å². The van der Waals surface area contributed by atoms with Crippen LogP contribution in [0.4, 0.5) is 0 Å². The number of rotatable bonds is 8. The maximum absolute atomic E-state index is 12.9. The fourth-order valence-corrected chi connectivity index (χ4v) is 7.14. The minimum atomic E-state index is -4.04. The first-order valence-corrected chi connectivity index (χ1v) is 14.8. The second kappa shape index (κ2) is 10.9. The molecular weight excluding hydrogens is 612 g/mol. The average molecular weight is 632 g/mol. The molecule has 0 aliphatic carbocycles. The topological polar surface area (TPSA) is 103 Å². The second-order valence-electron chi connectivity index (χ2n) is 8.22. The molecule has 0 spiro atoms. The molecule has 0 saturated heterocycles. The normalized spacial score (nSPS) is 12.4. The first-order valence-electron chi connectivity index (χ1n) is 11.3. The van der Waals surface area contributed by atoms with E-state index in [4.69, 9.17) is 16.3 Å². The van der Waals surface area contributed by atoms with E-state index in [0.29, 0.717) is 33.1 Å². The molecule has 194 valence electrons. The van der Waals surface area contributed by atoms with Crippen molar-refractivity contribution in [2.24, 2.45) is 0 Å². The molecule has 5 aromatic rings. The number of thiophene rings is 1. The Kier molecular flexibility index (Phi) is 7.53. The molecule has 0 radical (unpaired) electrons. The smallest absolute Gasteiger partial charge is 0.283 e. The number of aryl methyl sites for hydroxylation is 1. The van der Waals surface area contributed by atoms with Crippen molar-refractivity contribution in [3.8, 4) is 5.75 Å². The van der Waals surface area contributed by atoms with Gasteiger partial charge in [0.2, 0.25) is 0 Å². The van der Waals surface area contributed by atoms with Gasteiger partial charge in [0.25, 0.3) is 15.9 Å². The lowest BCUT2D eigenvalue weighted by Crippen LogP contribution is -2.30. The molecule has 0 aliphatic heterocycles. The number of halogens is 2. The Morgan fingerprint density at radius 2 is 1.79 bits per heavy atom. The summed E-state index contributed by atoms with van der Waals surface area (Å²) in [6, 6.07) is 23.0. The summed E-state index contributed by atoms with van der Waals surface area (Å²) in [5.74, 6) is 0.485. The zero-order valence-corrected chi connectivity index (χ0v) is 23.8. The van der Waals surface area contributed by atoms with Crippen molar-refractivity contribution in [1.29, 1.82) is 0 Å². The molecule has 12 heteroatoms. The number of hydrogen-bond donors (Lipinski definition) is 1. The van der Waals surface area contributed by atoms with E-state index >= 15 is 0 Å². The third-order valence-corrected chi connectivity index (χ3v) is 9.44. The number of carbonyl (C=O) groups is 1. The number of nitrogens with one attached hydrogen (secondary N) is 1. The van der Waals surface area contributed by atoms with Gasteiger partial charge in [-0.3, -0.25) is 4.79 Å². The van der Waals surface area contributed by atoms with E-state index < -0.39 is 21.5 Å². The second-order valence-corrected chi connectivity index (χ2v) is 13.0. The molecule has 5 rings (SSSR count). The Balaban J connectivity index is 1.43. The van der Waals surface area contributed by atoms with E-state index in [1.54, 1.807) is 12.1 Å². The molecule has 0 fully saturated rings. The maximum atomic E-state index is 12.9. The van der Waals surface area contributed by atoms with Crippen molar-refractivity contribution in [2.75, 3.05) is 0 Å². The number of benzene rings is 2. The number of nitrogens with zero attached hydrogens (tertiary/aromatic N) is 3. The zero-order valence-electron chi connectivity index (χ0n) is 19.8. The Labute approximate surface area is 236 Å². The van der Waals surface area contributed by atoms with Crippen molar-refractivity contribution < 1.29 is 17.9 Å². The number of fused-ring (bicyclic) bond motifs is 1. The summed E-state index contributed by atoms with van der Waals surface area (Å²) in [4.78, 5) is 21.9. The van der Waals surface area contributed by atoms with Crippen LogP contribution in [-0.2, 0) is 16.6 Å². The summed E-state index contributed by atoms with van der Waals surface area (Å²) < 4.78 is 35.8. The van der Waals surface area contributed by atoms with Gasteiger partial charge in [-0.05, 0) is 64.8 Å². The number of imidazole rings is 1. The average Bonchev–Trinajstić information content (AvgIpc) is 3.47. The fraction of sp³-hybridized carbons (Fsp3) is 0.115.